The zero-order valence-electron chi connectivity index (χ0n) is 13.4. The average Bonchev–Trinajstić information content (AvgIpc) is 2.87. The van der Waals surface area contributed by atoms with E-state index in [1.807, 2.05) is 33.0 Å². The van der Waals surface area contributed by atoms with E-state index in [2.05, 4.69) is 23.0 Å². The molecule has 2 heterocycles. The highest BCUT2D eigenvalue weighted by Crippen LogP contribution is 2.19. The van der Waals surface area contributed by atoms with Gasteiger partial charge in [0.25, 0.3) is 0 Å². The quantitative estimate of drug-likeness (QED) is 0.858. The molecule has 1 aromatic heterocycles. The first-order chi connectivity index (χ1) is 9.85. The number of hydrogen-bond donors (Lipinski definition) is 0. The van der Waals surface area contributed by atoms with Crippen molar-refractivity contribution in [2.24, 2.45) is 0 Å². The second kappa shape index (κ2) is 6.43. The van der Waals surface area contributed by atoms with E-state index in [-0.39, 0.29) is 6.09 Å². The van der Waals surface area contributed by atoms with E-state index in [1.165, 1.54) is 5.56 Å². The van der Waals surface area contributed by atoms with Crippen LogP contribution < -0.4 is 0 Å². The van der Waals surface area contributed by atoms with Crippen LogP contribution in [-0.2, 0) is 11.3 Å². The Kier molecular flexibility index (Phi) is 4.83. The van der Waals surface area contributed by atoms with E-state index in [9.17, 15) is 4.79 Å². The van der Waals surface area contributed by atoms with E-state index in [4.69, 9.17) is 4.74 Å². The first-order valence-electron chi connectivity index (χ1n) is 7.42. The summed E-state index contributed by atoms with van der Waals surface area (Å²) in [5.74, 6) is 0. The van der Waals surface area contributed by atoms with Crippen molar-refractivity contribution in [3.05, 3.63) is 30.1 Å². The monoisotopic (exact) mass is 291 g/mol. The van der Waals surface area contributed by atoms with Gasteiger partial charge < -0.3 is 9.64 Å². The Balaban J connectivity index is 1.86. The minimum atomic E-state index is -0.434. The molecule has 1 aliphatic rings. The standard InChI is InChI=1S/C16H25N3O2/c1-16(2,3)21-15(20)19-9-7-14(12-19)18(4)11-13-6-5-8-17-10-13/h5-6,8,10,14H,7,9,11-12H2,1-4H3/t14-/m0/s1. The summed E-state index contributed by atoms with van der Waals surface area (Å²) in [5.41, 5.74) is 0.757. The molecule has 0 aromatic carbocycles. The molecule has 5 nitrogen and oxygen atoms in total. The Morgan fingerprint density at radius 2 is 2.29 bits per heavy atom. The Morgan fingerprint density at radius 3 is 2.90 bits per heavy atom. The first kappa shape index (κ1) is 15.8. The van der Waals surface area contributed by atoms with E-state index in [1.54, 1.807) is 11.1 Å². The van der Waals surface area contributed by atoms with Gasteiger partial charge in [0.15, 0.2) is 0 Å². The fourth-order valence-electron chi connectivity index (χ4n) is 2.50. The molecule has 5 heteroatoms. The van der Waals surface area contributed by atoms with Gasteiger partial charge in [-0.05, 0) is 45.9 Å². The third-order valence-corrected chi connectivity index (χ3v) is 3.59. The van der Waals surface area contributed by atoms with Gasteiger partial charge in [0, 0.05) is 38.1 Å². The van der Waals surface area contributed by atoms with E-state index in [0.29, 0.717) is 6.04 Å². The fourth-order valence-corrected chi connectivity index (χ4v) is 2.50. The van der Waals surface area contributed by atoms with Crippen molar-refractivity contribution < 1.29 is 9.53 Å². The summed E-state index contributed by atoms with van der Waals surface area (Å²) in [6.07, 6.45) is 4.44. The van der Waals surface area contributed by atoms with Crippen molar-refractivity contribution in [1.29, 1.82) is 0 Å². The molecule has 0 aliphatic carbocycles. The molecule has 1 amide bonds. The largest absolute Gasteiger partial charge is 0.444 e. The van der Waals surface area contributed by atoms with Crippen LogP contribution in [0.5, 0.6) is 0 Å². The predicted molar refractivity (Wildman–Crippen MR) is 81.9 cm³/mol. The van der Waals surface area contributed by atoms with Gasteiger partial charge in [0.2, 0.25) is 0 Å². The molecular weight excluding hydrogens is 266 g/mol. The van der Waals surface area contributed by atoms with Crippen LogP contribution in [0.15, 0.2) is 24.5 Å². The normalized spacial score (nSPS) is 19.1. The predicted octanol–water partition coefficient (Wildman–Crippen LogP) is 2.52. The van der Waals surface area contributed by atoms with Crippen LogP contribution in [0.1, 0.15) is 32.8 Å². The number of amides is 1. The van der Waals surface area contributed by atoms with E-state index in [0.717, 1.165) is 26.1 Å². The molecule has 0 unspecified atom stereocenters. The minimum absolute atomic E-state index is 0.209. The number of pyridine rings is 1. The minimum Gasteiger partial charge on any atom is -0.444 e. The number of carbonyl (C=O) groups is 1. The third-order valence-electron chi connectivity index (χ3n) is 3.59. The zero-order valence-corrected chi connectivity index (χ0v) is 13.4. The maximum absolute atomic E-state index is 12.1. The number of rotatable bonds is 3. The summed E-state index contributed by atoms with van der Waals surface area (Å²) in [7, 11) is 2.09. The Labute approximate surface area is 126 Å². The van der Waals surface area contributed by atoms with Gasteiger partial charge in [-0.3, -0.25) is 9.88 Å². The number of aromatic nitrogens is 1. The molecule has 2 rings (SSSR count). The third kappa shape index (κ3) is 4.70. The summed E-state index contributed by atoms with van der Waals surface area (Å²) >= 11 is 0. The summed E-state index contributed by atoms with van der Waals surface area (Å²) in [6, 6.07) is 4.40. The van der Waals surface area contributed by atoms with Crippen molar-refractivity contribution in [2.75, 3.05) is 20.1 Å². The van der Waals surface area contributed by atoms with Gasteiger partial charge >= 0.3 is 6.09 Å². The second-order valence-electron chi connectivity index (χ2n) is 6.65. The van der Waals surface area contributed by atoms with Crippen LogP contribution in [0.25, 0.3) is 0 Å². The highest BCUT2D eigenvalue weighted by Gasteiger charge is 2.31. The molecule has 0 spiro atoms. The number of likely N-dealkylation sites (tertiary alicyclic amines) is 1. The molecule has 116 valence electrons. The summed E-state index contributed by atoms with van der Waals surface area (Å²) < 4.78 is 5.43. The highest BCUT2D eigenvalue weighted by molar-refractivity contribution is 5.68. The molecule has 1 fully saturated rings. The molecule has 1 aliphatic heterocycles. The smallest absolute Gasteiger partial charge is 0.410 e. The number of hydrogen-bond acceptors (Lipinski definition) is 4. The van der Waals surface area contributed by atoms with Crippen LogP contribution in [0.4, 0.5) is 4.79 Å². The summed E-state index contributed by atoms with van der Waals surface area (Å²) in [6.45, 7) is 8.02. The number of likely N-dealkylation sites (N-methyl/N-ethyl adjacent to an activating group) is 1. The van der Waals surface area contributed by atoms with E-state index < -0.39 is 5.60 Å². The summed E-state index contributed by atoms with van der Waals surface area (Å²) in [4.78, 5) is 20.3. The van der Waals surface area contributed by atoms with Gasteiger partial charge in [-0.25, -0.2) is 4.79 Å². The Morgan fingerprint density at radius 1 is 1.52 bits per heavy atom. The number of ether oxygens (including phenoxy) is 1. The van der Waals surface area contributed by atoms with Crippen molar-refractivity contribution in [2.45, 2.75) is 45.4 Å². The number of carbonyl (C=O) groups excluding carboxylic acids is 1. The van der Waals surface area contributed by atoms with Crippen LogP contribution in [0.3, 0.4) is 0 Å². The van der Waals surface area contributed by atoms with Gasteiger partial charge in [0.1, 0.15) is 5.60 Å². The van der Waals surface area contributed by atoms with Crippen LogP contribution >= 0.6 is 0 Å². The maximum Gasteiger partial charge on any atom is 0.410 e. The van der Waals surface area contributed by atoms with Crippen molar-refractivity contribution in [3.8, 4) is 0 Å². The molecular formula is C16H25N3O2. The molecule has 21 heavy (non-hydrogen) atoms. The van der Waals surface area contributed by atoms with Crippen LogP contribution in [0, 0.1) is 0 Å². The molecule has 1 atom stereocenters. The van der Waals surface area contributed by atoms with Crippen molar-refractivity contribution >= 4 is 6.09 Å². The maximum atomic E-state index is 12.1. The van der Waals surface area contributed by atoms with Gasteiger partial charge in [-0.15, -0.1) is 0 Å². The zero-order chi connectivity index (χ0) is 15.5. The van der Waals surface area contributed by atoms with Crippen molar-refractivity contribution in [1.82, 2.24) is 14.8 Å². The van der Waals surface area contributed by atoms with Crippen molar-refractivity contribution in [3.63, 3.8) is 0 Å². The summed E-state index contributed by atoms with van der Waals surface area (Å²) in [5, 5.41) is 0. The van der Waals surface area contributed by atoms with Crippen LogP contribution in [-0.4, -0.2) is 52.7 Å². The van der Waals surface area contributed by atoms with Gasteiger partial charge in [-0.2, -0.15) is 0 Å². The molecule has 0 N–H and O–H groups in total. The molecule has 0 bridgehead atoms. The highest BCUT2D eigenvalue weighted by atomic mass is 16.6. The lowest BCUT2D eigenvalue weighted by molar-refractivity contribution is 0.0282. The molecule has 1 saturated heterocycles. The Bertz CT molecular complexity index is 470. The SMILES string of the molecule is CN(Cc1cccnc1)[C@H]1CCN(C(=O)OC(C)(C)C)C1. The lowest BCUT2D eigenvalue weighted by Gasteiger charge is -2.26. The molecule has 0 radical (unpaired) electrons. The number of nitrogens with zero attached hydrogens (tertiary/aromatic N) is 3. The van der Waals surface area contributed by atoms with Crippen LogP contribution in [0.2, 0.25) is 0 Å². The Hall–Kier alpha value is -1.62. The lowest BCUT2D eigenvalue weighted by Crippen LogP contribution is -2.38. The lowest BCUT2D eigenvalue weighted by atomic mass is 10.2. The van der Waals surface area contributed by atoms with Gasteiger partial charge in [0.05, 0.1) is 0 Å². The first-order valence-corrected chi connectivity index (χ1v) is 7.42. The van der Waals surface area contributed by atoms with E-state index >= 15 is 0 Å². The molecule has 0 saturated carbocycles. The van der Waals surface area contributed by atoms with Gasteiger partial charge in [-0.1, -0.05) is 6.07 Å². The topological polar surface area (TPSA) is 45.7 Å². The fraction of sp³-hybridized carbons (Fsp3) is 0.625. The average molecular weight is 291 g/mol. The molecule has 1 aromatic rings. The second-order valence-corrected chi connectivity index (χ2v) is 6.65.